The van der Waals surface area contributed by atoms with E-state index in [0.717, 1.165) is 48.4 Å². The first kappa shape index (κ1) is 28.5. The van der Waals surface area contributed by atoms with Crippen LogP contribution in [0.2, 0.25) is 0 Å². The van der Waals surface area contributed by atoms with Gasteiger partial charge in [-0.3, -0.25) is 14.4 Å². The molecule has 4 rings (SSSR count). The van der Waals surface area contributed by atoms with Gasteiger partial charge in [-0.25, -0.2) is 9.97 Å². The van der Waals surface area contributed by atoms with Gasteiger partial charge in [0, 0.05) is 41.8 Å². The number of aromatic nitrogens is 2. The number of benzene rings is 1. The SMILES string of the molecule is CC.CCNC(=O)c1cc(Br)cc(C(=O)NCCC2CCN(c3ncnc4cc(C(N)=O)sc34)CC2)c1. The molecular weight excluding hydrogens is 556 g/mol. The molecule has 0 unspecified atom stereocenters. The van der Waals surface area contributed by atoms with Gasteiger partial charge >= 0.3 is 0 Å². The summed E-state index contributed by atoms with van der Waals surface area (Å²) in [7, 11) is 0. The number of carbonyl (C=O) groups is 3. The Hall–Kier alpha value is -3.05. The van der Waals surface area contributed by atoms with Crippen LogP contribution in [-0.4, -0.2) is 53.9 Å². The molecule has 1 aliphatic heterocycles. The molecule has 9 nitrogen and oxygen atoms in total. The molecule has 1 aliphatic rings. The Morgan fingerprint density at radius 3 is 2.32 bits per heavy atom. The van der Waals surface area contributed by atoms with Crippen LogP contribution in [0.4, 0.5) is 5.82 Å². The summed E-state index contributed by atoms with van der Waals surface area (Å²) in [6.45, 7) is 8.63. The number of thiophene rings is 1. The van der Waals surface area contributed by atoms with Crippen molar-refractivity contribution in [3.05, 3.63) is 51.1 Å². The van der Waals surface area contributed by atoms with E-state index in [1.807, 2.05) is 20.8 Å². The molecule has 2 aromatic heterocycles. The topological polar surface area (TPSA) is 130 Å². The number of hydrogen-bond acceptors (Lipinski definition) is 7. The summed E-state index contributed by atoms with van der Waals surface area (Å²) in [5.74, 6) is 0.478. The number of nitrogens with zero attached hydrogens (tertiary/aromatic N) is 3. The van der Waals surface area contributed by atoms with Crippen LogP contribution in [0.5, 0.6) is 0 Å². The predicted molar refractivity (Wildman–Crippen MR) is 151 cm³/mol. The Kier molecular flexibility index (Phi) is 10.4. The fraction of sp³-hybridized carbons (Fsp3) is 0.423. The van der Waals surface area contributed by atoms with E-state index in [1.165, 1.54) is 17.7 Å². The minimum Gasteiger partial charge on any atom is -0.365 e. The Bertz CT molecular complexity index is 1260. The summed E-state index contributed by atoms with van der Waals surface area (Å²) in [6.07, 6.45) is 4.36. The average molecular weight is 590 g/mol. The molecule has 3 aromatic rings. The molecule has 0 atom stereocenters. The zero-order valence-corrected chi connectivity index (χ0v) is 23.7. The highest BCUT2D eigenvalue weighted by atomic mass is 79.9. The van der Waals surface area contributed by atoms with Gasteiger partial charge in [0.05, 0.1) is 15.1 Å². The van der Waals surface area contributed by atoms with Gasteiger partial charge in [0.1, 0.15) is 12.1 Å². The number of rotatable bonds is 8. The molecular formula is C26H33BrN6O3S. The fourth-order valence-corrected chi connectivity index (χ4v) is 5.70. The fourth-order valence-electron chi connectivity index (χ4n) is 4.23. The highest BCUT2D eigenvalue weighted by molar-refractivity contribution is 9.10. The van der Waals surface area contributed by atoms with E-state index < -0.39 is 5.91 Å². The zero-order chi connectivity index (χ0) is 26.9. The van der Waals surface area contributed by atoms with Gasteiger partial charge in [0.15, 0.2) is 0 Å². The highest BCUT2D eigenvalue weighted by Crippen LogP contribution is 2.33. The highest BCUT2D eigenvalue weighted by Gasteiger charge is 2.23. The Morgan fingerprint density at radius 2 is 1.70 bits per heavy atom. The quantitative estimate of drug-likeness (QED) is 0.358. The lowest BCUT2D eigenvalue weighted by molar-refractivity contribution is 0.0949. The molecule has 1 aromatic carbocycles. The minimum absolute atomic E-state index is 0.194. The lowest BCUT2D eigenvalue weighted by Crippen LogP contribution is -2.35. The first-order chi connectivity index (χ1) is 17.9. The van der Waals surface area contributed by atoms with Crippen molar-refractivity contribution in [1.29, 1.82) is 0 Å². The monoisotopic (exact) mass is 588 g/mol. The van der Waals surface area contributed by atoms with Crippen molar-refractivity contribution in [2.24, 2.45) is 11.7 Å². The van der Waals surface area contributed by atoms with Crippen LogP contribution < -0.4 is 21.3 Å². The van der Waals surface area contributed by atoms with E-state index in [4.69, 9.17) is 5.73 Å². The van der Waals surface area contributed by atoms with Gasteiger partial charge in [0.25, 0.3) is 17.7 Å². The second-order valence-corrected chi connectivity index (χ2v) is 10.4. The van der Waals surface area contributed by atoms with Gasteiger partial charge in [-0.1, -0.05) is 29.8 Å². The lowest BCUT2D eigenvalue weighted by Gasteiger charge is -2.33. The molecule has 4 N–H and O–H groups in total. The molecule has 37 heavy (non-hydrogen) atoms. The number of fused-ring (bicyclic) bond motifs is 1. The maximum absolute atomic E-state index is 12.7. The Morgan fingerprint density at radius 1 is 1.05 bits per heavy atom. The number of nitrogens with one attached hydrogen (secondary N) is 2. The summed E-state index contributed by atoms with van der Waals surface area (Å²) >= 11 is 4.71. The van der Waals surface area contributed by atoms with Crippen LogP contribution in [0.3, 0.4) is 0 Å². The number of primary amides is 1. The maximum Gasteiger partial charge on any atom is 0.258 e. The van der Waals surface area contributed by atoms with Crippen molar-refractivity contribution in [3.8, 4) is 0 Å². The van der Waals surface area contributed by atoms with E-state index in [9.17, 15) is 14.4 Å². The Balaban J connectivity index is 0.00000186. The summed E-state index contributed by atoms with van der Waals surface area (Å²) in [5, 5.41) is 5.73. The van der Waals surface area contributed by atoms with Gasteiger partial charge in [0.2, 0.25) is 0 Å². The Labute approximate surface area is 229 Å². The van der Waals surface area contributed by atoms with E-state index in [0.29, 0.717) is 39.5 Å². The van der Waals surface area contributed by atoms with Crippen LogP contribution in [0.15, 0.2) is 35.1 Å². The van der Waals surface area contributed by atoms with Gasteiger partial charge in [-0.2, -0.15) is 0 Å². The van der Waals surface area contributed by atoms with Crippen molar-refractivity contribution in [3.63, 3.8) is 0 Å². The van der Waals surface area contributed by atoms with Crippen molar-refractivity contribution in [2.45, 2.75) is 40.0 Å². The molecule has 3 heterocycles. The molecule has 0 saturated carbocycles. The van der Waals surface area contributed by atoms with Crippen molar-refractivity contribution >= 4 is 61.0 Å². The molecule has 11 heteroatoms. The largest absolute Gasteiger partial charge is 0.365 e. The number of halogens is 1. The third kappa shape index (κ3) is 7.26. The first-order valence-electron chi connectivity index (χ1n) is 12.5. The molecule has 1 saturated heterocycles. The standard InChI is InChI=1S/C24H27BrN6O3S.C2H6/c1-2-27-23(33)15-9-16(11-17(25)10-15)24(34)28-6-3-14-4-7-31(8-5-14)22-20-18(29-13-30-22)12-19(35-20)21(26)32;1-2/h9-14H,2-8H2,1H3,(H2,26,32)(H,27,33)(H,28,34);1-2H3. The van der Waals surface area contributed by atoms with E-state index in [1.54, 1.807) is 24.3 Å². The van der Waals surface area contributed by atoms with Crippen molar-refractivity contribution in [2.75, 3.05) is 31.1 Å². The van der Waals surface area contributed by atoms with Crippen LogP contribution in [0, 0.1) is 5.92 Å². The summed E-state index contributed by atoms with van der Waals surface area (Å²) in [5.41, 5.74) is 7.07. The molecule has 1 fully saturated rings. The minimum atomic E-state index is -0.456. The summed E-state index contributed by atoms with van der Waals surface area (Å²) in [4.78, 5) is 47.8. The molecule has 0 bridgehead atoms. The van der Waals surface area contributed by atoms with Crippen LogP contribution in [0.25, 0.3) is 10.2 Å². The number of hydrogen-bond donors (Lipinski definition) is 3. The van der Waals surface area contributed by atoms with Gasteiger partial charge in [-0.15, -0.1) is 11.3 Å². The van der Waals surface area contributed by atoms with Crippen LogP contribution in [0.1, 0.15) is 70.4 Å². The van der Waals surface area contributed by atoms with Crippen molar-refractivity contribution in [1.82, 2.24) is 20.6 Å². The predicted octanol–water partition coefficient (Wildman–Crippen LogP) is 4.37. The van der Waals surface area contributed by atoms with Gasteiger partial charge < -0.3 is 21.3 Å². The second kappa shape index (κ2) is 13.5. The second-order valence-electron chi connectivity index (χ2n) is 8.45. The number of anilines is 1. The third-order valence-corrected chi connectivity index (χ3v) is 7.64. The molecule has 0 aliphatic carbocycles. The van der Waals surface area contributed by atoms with Crippen LogP contribution in [-0.2, 0) is 0 Å². The lowest BCUT2D eigenvalue weighted by atomic mass is 9.93. The van der Waals surface area contributed by atoms with Crippen molar-refractivity contribution < 1.29 is 14.4 Å². The summed E-state index contributed by atoms with van der Waals surface area (Å²) < 4.78 is 1.57. The smallest absolute Gasteiger partial charge is 0.258 e. The maximum atomic E-state index is 12.7. The molecule has 198 valence electrons. The molecule has 0 radical (unpaired) electrons. The van der Waals surface area contributed by atoms with E-state index in [-0.39, 0.29) is 11.8 Å². The molecule has 0 spiro atoms. The average Bonchev–Trinajstić information content (AvgIpc) is 3.35. The summed E-state index contributed by atoms with van der Waals surface area (Å²) in [6, 6.07) is 6.74. The normalized spacial score (nSPS) is 13.6. The zero-order valence-electron chi connectivity index (χ0n) is 21.3. The van der Waals surface area contributed by atoms with Gasteiger partial charge in [-0.05, 0) is 56.4 Å². The molecule has 3 amide bonds. The van der Waals surface area contributed by atoms with Crippen LogP contribution >= 0.6 is 27.3 Å². The number of nitrogens with two attached hydrogens (primary N) is 1. The van der Waals surface area contributed by atoms with E-state index >= 15 is 0 Å². The first-order valence-corrected chi connectivity index (χ1v) is 14.1. The number of piperidine rings is 1. The van der Waals surface area contributed by atoms with E-state index in [2.05, 4.69) is 41.4 Å². The number of amides is 3. The number of carbonyl (C=O) groups excluding carboxylic acids is 3. The third-order valence-electron chi connectivity index (χ3n) is 6.05.